The van der Waals surface area contributed by atoms with Crippen molar-refractivity contribution >= 4 is 44.1 Å². The van der Waals surface area contributed by atoms with Gasteiger partial charge in [-0.1, -0.05) is 24.3 Å². The van der Waals surface area contributed by atoms with Crippen LogP contribution in [0.1, 0.15) is 20.7 Å². The molecule has 0 saturated heterocycles. The van der Waals surface area contributed by atoms with Gasteiger partial charge >= 0.3 is 21.2 Å². The van der Waals surface area contributed by atoms with Gasteiger partial charge < -0.3 is 4.55 Å². The molecule has 0 heterocycles. The van der Waals surface area contributed by atoms with E-state index in [1.807, 2.05) is 36.4 Å². The van der Waals surface area contributed by atoms with Crippen LogP contribution in [0, 0.1) is 7.14 Å². The Kier molecular flexibility index (Phi) is 8.27. The van der Waals surface area contributed by atoms with E-state index in [4.69, 9.17) is 40.7 Å². The molecule has 2 rings (SSSR count). The molecule has 128 valence electrons. The van der Waals surface area contributed by atoms with Crippen molar-refractivity contribution in [3.63, 3.8) is 0 Å². The molecule has 2 aromatic carbocycles. The van der Waals surface area contributed by atoms with Crippen LogP contribution in [0.2, 0.25) is 0 Å². The highest BCUT2D eigenvalue weighted by Crippen LogP contribution is 2.14. The maximum atomic E-state index is 11.6. The van der Waals surface area contributed by atoms with Crippen LogP contribution >= 0.6 is 23.2 Å². The van der Waals surface area contributed by atoms with Crippen molar-refractivity contribution < 1.29 is 48.3 Å². The van der Waals surface area contributed by atoms with E-state index in [9.17, 15) is 9.59 Å². The summed E-state index contributed by atoms with van der Waals surface area (Å²) in [6.07, 6.45) is 0. The van der Waals surface area contributed by atoms with E-state index < -0.39 is 42.1 Å². The zero-order valence-corrected chi connectivity index (χ0v) is 16.1. The van der Waals surface area contributed by atoms with Gasteiger partial charge in [-0.05, 0) is 47.5 Å². The average Bonchev–Trinajstić information content (AvgIpc) is 2.46. The standard InChI is InChI=1S/C14H8Cl2IO2.H2O4S/c15-13(18)10-7-4-8-11(12(10)14(16)19)17-9-5-2-1-3-6-9;1-5(2,3)4/h1-8H;(H2,1,2,3,4)/q+1;/p-1. The van der Waals surface area contributed by atoms with Crippen LogP contribution in [-0.4, -0.2) is 28.0 Å². The molecular formula is C14H9Cl2IO6S. The Hall–Kier alpha value is -1.04. The van der Waals surface area contributed by atoms with Crippen LogP contribution in [0.25, 0.3) is 0 Å². The van der Waals surface area contributed by atoms with Gasteiger partial charge in [-0.2, -0.15) is 0 Å². The van der Waals surface area contributed by atoms with Crippen molar-refractivity contribution in [1.29, 1.82) is 0 Å². The van der Waals surface area contributed by atoms with Crippen LogP contribution in [0.3, 0.4) is 0 Å². The Bertz CT molecular complexity index is 832. The molecule has 0 aliphatic heterocycles. The lowest BCUT2D eigenvalue weighted by molar-refractivity contribution is -0.597. The predicted octanol–water partition coefficient (Wildman–Crippen LogP) is -0.422. The van der Waals surface area contributed by atoms with Crippen molar-refractivity contribution in [2.75, 3.05) is 0 Å². The molecule has 0 atom stereocenters. The SMILES string of the molecule is O=C(Cl)c1cccc([I+]c2ccccc2)c1C(=O)Cl.O=S(=O)([O-])O. The molecule has 0 aliphatic carbocycles. The highest BCUT2D eigenvalue weighted by atomic mass is 127. The summed E-state index contributed by atoms with van der Waals surface area (Å²) in [5.41, 5.74) is 0.413. The Labute approximate surface area is 158 Å². The molecule has 0 saturated carbocycles. The Morgan fingerprint density at radius 1 is 0.958 bits per heavy atom. The molecule has 0 bridgehead atoms. The van der Waals surface area contributed by atoms with E-state index >= 15 is 0 Å². The molecule has 24 heavy (non-hydrogen) atoms. The summed E-state index contributed by atoms with van der Waals surface area (Å²) in [5, 5.41) is -1.31. The summed E-state index contributed by atoms with van der Waals surface area (Å²) in [4.78, 5) is 22.9. The van der Waals surface area contributed by atoms with E-state index in [1.165, 1.54) is 6.07 Å². The molecule has 6 nitrogen and oxygen atoms in total. The van der Waals surface area contributed by atoms with Gasteiger partial charge in [0.05, 0.1) is 11.1 Å². The van der Waals surface area contributed by atoms with Crippen LogP contribution in [0.15, 0.2) is 48.5 Å². The topological polar surface area (TPSA) is 112 Å². The zero-order valence-electron chi connectivity index (χ0n) is 11.6. The van der Waals surface area contributed by atoms with E-state index in [1.54, 1.807) is 6.07 Å². The van der Waals surface area contributed by atoms with Gasteiger partial charge in [-0.15, -0.1) is 0 Å². The second kappa shape index (κ2) is 9.44. The molecule has 0 fully saturated rings. The summed E-state index contributed by atoms with van der Waals surface area (Å²) < 4.78 is 34.8. The maximum absolute atomic E-state index is 11.6. The van der Waals surface area contributed by atoms with Crippen LogP contribution < -0.4 is 21.2 Å². The second-order valence-corrected chi connectivity index (χ2v) is 8.52. The third-order valence-corrected chi connectivity index (χ3v) is 5.58. The maximum Gasteiger partial charge on any atom is 0.358 e. The van der Waals surface area contributed by atoms with Gasteiger partial charge in [0.25, 0.3) is 10.5 Å². The Morgan fingerprint density at radius 2 is 1.50 bits per heavy atom. The van der Waals surface area contributed by atoms with Gasteiger partial charge in [-0.25, -0.2) is 8.42 Å². The first kappa shape index (κ1) is 21.0. The quantitative estimate of drug-likeness (QED) is 0.263. The first-order chi connectivity index (χ1) is 11.1. The predicted molar refractivity (Wildman–Crippen MR) is 83.0 cm³/mol. The molecule has 1 N–H and O–H groups in total. The van der Waals surface area contributed by atoms with E-state index in [2.05, 4.69) is 0 Å². The summed E-state index contributed by atoms with van der Waals surface area (Å²) in [7, 11) is -4.92. The molecule has 2 aromatic rings. The van der Waals surface area contributed by atoms with E-state index in [-0.39, 0.29) is 11.1 Å². The molecule has 0 aliphatic rings. The van der Waals surface area contributed by atoms with Crippen molar-refractivity contribution in [3.05, 3.63) is 66.8 Å². The minimum atomic E-state index is -4.92. The summed E-state index contributed by atoms with van der Waals surface area (Å²) in [6.45, 7) is 0. The number of hydrogen-bond acceptors (Lipinski definition) is 5. The van der Waals surface area contributed by atoms with Gasteiger partial charge in [0.2, 0.25) is 14.0 Å². The van der Waals surface area contributed by atoms with E-state index in [0.717, 1.165) is 7.14 Å². The molecule has 0 spiro atoms. The lowest BCUT2D eigenvalue weighted by atomic mass is 10.1. The minimum Gasteiger partial charge on any atom is -0.726 e. The molecule has 0 amide bonds. The molecule has 0 unspecified atom stereocenters. The normalized spacial score (nSPS) is 10.5. The fourth-order valence-corrected chi connectivity index (χ4v) is 4.72. The van der Waals surface area contributed by atoms with Gasteiger partial charge in [-0.3, -0.25) is 14.1 Å². The fourth-order valence-electron chi connectivity index (χ4n) is 1.56. The highest BCUT2D eigenvalue weighted by molar-refractivity contribution is 7.79. The first-order valence-electron chi connectivity index (χ1n) is 6.00. The molecule has 0 aromatic heterocycles. The summed E-state index contributed by atoms with van der Waals surface area (Å²) in [5.74, 6) is 0. The molecular weight excluding hydrogens is 494 g/mol. The number of rotatable bonds is 4. The summed E-state index contributed by atoms with van der Waals surface area (Å²) >= 11 is 10.5. The summed E-state index contributed by atoms with van der Waals surface area (Å²) in [6, 6.07) is 14.8. The Morgan fingerprint density at radius 3 is 1.96 bits per heavy atom. The highest BCUT2D eigenvalue weighted by Gasteiger charge is 2.27. The van der Waals surface area contributed by atoms with Gasteiger partial charge in [0.1, 0.15) is 0 Å². The van der Waals surface area contributed by atoms with Crippen molar-refractivity contribution in [2.24, 2.45) is 0 Å². The van der Waals surface area contributed by atoms with Crippen molar-refractivity contribution in [1.82, 2.24) is 0 Å². The Balaban J connectivity index is 0.000000505. The second-order valence-electron chi connectivity index (χ2n) is 4.03. The number of carbonyl (C=O) groups excluding carboxylic acids is 2. The molecule has 10 heteroatoms. The number of hydrogen-bond donors (Lipinski definition) is 1. The average molecular weight is 503 g/mol. The minimum absolute atomic E-state index is 0.176. The van der Waals surface area contributed by atoms with Crippen LogP contribution in [0.5, 0.6) is 0 Å². The van der Waals surface area contributed by atoms with Crippen molar-refractivity contribution in [3.8, 4) is 0 Å². The lowest BCUT2D eigenvalue weighted by Crippen LogP contribution is -3.61. The monoisotopic (exact) mass is 502 g/mol. The van der Waals surface area contributed by atoms with Crippen molar-refractivity contribution in [2.45, 2.75) is 0 Å². The zero-order chi connectivity index (χ0) is 18.3. The number of halogens is 3. The fraction of sp³-hybridized carbons (Fsp3) is 0. The largest absolute Gasteiger partial charge is 0.726 e. The smallest absolute Gasteiger partial charge is 0.358 e. The van der Waals surface area contributed by atoms with Gasteiger partial charge in [0.15, 0.2) is 3.57 Å². The molecule has 0 radical (unpaired) electrons. The van der Waals surface area contributed by atoms with Crippen LogP contribution in [-0.2, 0) is 10.4 Å². The third-order valence-electron chi connectivity index (χ3n) is 2.37. The lowest BCUT2D eigenvalue weighted by Gasteiger charge is -2.00. The third kappa shape index (κ3) is 7.69. The van der Waals surface area contributed by atoms with E-state index in [0.29, 0.717) is 0 Å². The number of benzene rings is 2. The first-order valence-corrected chi connectivity index (χ1v) is 10.3. The van der Waals surface area contributed by atoms with Gasteiger partial charge in [0, 0.05) is 0 Å². The van der Waals surface area contributed by atoms with Crippen LogP contribution in [0.4, 0.5) is 0 Å². The number of carbonyl (C=O) groups is 2.